The van der Waals surface area contributed by atoms with Gasteiger partial charge in [0.1, 0.15) is 5.52 Å². The summed E-state index contributed by atoms with van der Waals surface area (Å²) in [6.45, 7) is 5.15. The summed E-state index contributed by atoms with van der Waals surface area (Å²) in [5.74, 6) is 0. The van der Waals surface area contributed by atoms with Gasteiger partial charge in [-0.05, 0) is 38.1 Å². The van der Waals surface area contributed by atoms with Crippen LogP contribution in [-0.2, 0) is 6.54 Å². The third kappa shape index (κ3) is 1.99. The van der Waals surface area contributed by atoms with E-state index in [9.17, 15) is 0 Å². The molecule has 0 spiro atoms. The van der Waals surface area contributed by atoms with Gasteiger partial charge >= 0.3 is 0 Å². The maximum absolute atomic E-state index is 4.75. The van der Waals surface area contributed by atoms with Gasteiger partial charge < -0.3 is 4.90 Å². The van der Waals surface area contributed by atoms with Gasteiger partial charge in [-0.15, -0.1) is 0 Å². The maximum Gasteiger partial charge on any atom is 0.239 e. The second-order valence-electron chi connectivity index (χ2n) is 5.43. The molecule has 3 nitrogen and oxygen atoms in total. The molecule has 20 heavy (non-hydrogen) atoms. The summed E-state index contributed by atoms with van der Waals surface area (Å²) in [5.41, 5.74) is 4.73. The molecule has 1 aromatic heterocycles. The Morgan fingerprint density at radius 1 is 1.05 bits per heavy atom. The van der Waals surface area contributed by atoms with Gasteiger partial charge in [0.25, 0.3) is 0 Å². The first-order valence-corrected chi connectivity index (χ1v) is 7.01. The summed E-state index contributed by atoms with van der Waals surface area (Å²) in [4.78, 5) is 2.13. The number of anilines is 1. The molecular formula is C17H20N3+. The van der Waals surface area contributed by atoms with E-state index in [2.05, 4.69) is 73.9 Å². The van der Waals surface area contributed by atoms with Crippen LogP contribution < -0.4 is 9.58 Å². The molecule has 0 aliphatic heterocycles. The van der Waals surface area contributed by atoms with E-state index < -0.39 is 0 Å². The Kier molecular flexibility index (Phi) is 3.05. The molecule has 0 unspecified atom stereocenters. The van der Waals surface area contributed by atoms with Crippen LogP contribution in [0.25, 0.3) is 21.8 Å². The average molecular weight is 266 g/mol. The van der Waals surface area contributed by atoms with Gasteiger partial charge in [0, 0.05) is 36.3 Å². The van der Waals surface area contributed by atoms with Crippen LogP contribution in [-0.4, -0.2) is 19.2 Å². The topological polar surface area (TPSA) is 20.0 Å². The molecule has 0 radical (unpaired) electrons. The van der Waals surface area contributed by atoms with E-state index in [4.69, 9.17) is 5.10 Å². The minimum atomic E-state index is 0.880. The Labute approximate surface area is 119 Å². The van der Waals surface area contributed by atoms with Crippen molar-refractivity contribution >= 4 is 27.5 Å². The summed E-state index contributed by atoms with van der Waals surface area (Å²) < 4.78 is 2.08. The van der Waals surface area contributed by atoms with Crippen molar-refractivity contribution in [3.63, 3.8) is 0 Å². The molecule has 2 aromatic carbocycles. The number of nitrogens with zero attached hydrogens (tertiary/aromatic N) is 3. The summed E-state index contributed by atoms with van der Waals surface area (Å²) in [6, 6.07) is 13.0. The zero-order valence-electron chi connectivity index (χ0n) is 12.5. The molecule has 0 aliphatic rings. The number of hydrogen-bond donors (Lipinski definition) is 0. The Hall–Kier alpha value is -2.16. The van der Waals surface area contributed by atoms with Crippen molar-refractivity contribution < 1.29 is 4.68 Å². The van der Waals surface area contributed by atoms with E-state index in [1.54, 1.807) is 0 Å². The fraction of sp³-hybridized carbons (Fsp3) is 0.294. The summed E-state index contributed by atoms with van der Waals surface area (Å²) >= 11 is 0. The van der Waals surface area contributed by atoms with Crippen LogP contribution in [0.5, 0.6) is 0 Å². The van der Waals surface area contributed by atoms with Crippen LogP contribution in [0.15, 0.2) is 36.4 Å². The molecule has 0 fully saturated rings. The van der Waals surface area contributed by atoms with E-state index in [1.165, 1.54) is 27.5 Å². The lowest BCUT2D eigenvalue weighted by atomic mass is 10.1. The predicted octanol–water partition coefficient (Wildman–Crippen LogP) is 3.07. The highest BCUT2D eigenvalue weighted by Gasteiger charge is 2.14. The van der Waals surface area contributed by atoms with Gasteiger partial charge in [0.05, 0.1) is 5.39 Å². The fourth-order valence-electron chi connectivity index (χ4n) is 2.62. The van der Waals surface area contributed by atoms with Crippen LogP contribution in [0.3, 0.4) is 0 Å². The van der Waals surface area contributed by atoms with Gasteiger partial charge in [0.2, 0.25) is 5.52 Å². The SMILES string of the molecule is CC[n+]1nc2ccc(N(C)C)cc2c2cc(C)ccc21. The van der Waals surface area contributed by atoms with Crippen LogP contribution in [0.4, 0.5) is 5.69 Å². The lowest BCUT2D eigenvalue weighted by Gasteiger charge is -2.13. The third-order valence-corrected chi connectivity index (χ3v) is 3.74. The molecule has 102 valence electrons. The van der Waals surface area contributed by atoms with Gasteiger partial charge in [-0.3, -0.25) is 0 Å². The molecule has 0 atom stereocenters. The first-order chi connectivity index (χ1) is 9.60. The Morgan fingerprint density at radius 3 is 2.55 bits per heavy atom. The zero-order chi connectivity index (χ0) is 14.3. The normalized spacial score (nSPS) is 11.2. The summed E-state index contributed by atoms with van der Waals surface area (Å²) in [6.07, 6.45) is 0. The molecular weight excluding hydrogens is 246 g/mol. The molecule has 3 rings (SSSR count). The summed E-state index contributed by atoms with van der Waals surface area (Å²) in [7, 11) is 4.13. The minimum Gasteiger partial charge on any atom is -0.378 e. The van der Waals surface area contributed by atoms with Crippen molar-refractivity contribution in [2.45, 2.75) is 20.4 Å². The smallest absolute Gasteiger partial charge is 0.239 e. The zero-order valence-corrected chi connectivity index (χ0v) is 12.5. The van der Waals surface area contributed by atoms with Crippen LogP contribution in [0, 0.1) is 6.92 Å². The predicted molar refractivity (Wildman–Crippen MR) is 84.2 cm³/mol. The van der Waals surface area contributed by atoms with Gasteiger partial charge in [-0.1, -0.05) is 16.3 Å². The molecule has 0 N–H and O–H groups in total. The molecule has 3 aromatic rings. The van der Waals surface area contributed by atoms with Crippen molar-refractivity contribution in [2.75, 3.05) is 19.0 Å². The number of rotatable bonds is 2. The first kappa shape index (κ1) is 12.9. The first-order valence-electron chi connectivity index (χ1n) is 7.01. The molecule has 3 heteroatoms. The van der Waals surface area contributed by atoms with Crippen LogP contribution in [0.2, 0.25) is 0 Å². The number of aryl methyl sites for hydroxylation is 2. The fourth-order valence-corrected chi connectivity index (χ4v) is 2.62. The maximum atomic E-state index is 4.75. The van der Waals surface area contributed by atoms with Gasteiger partial charge in [-0.2, -0.15) is 0 Å². The molecule has 0 saturated carbocycles. The van der Waals surface area contributed by atoms with E-state index in [0.29, 0.717) is 0 Å². The van der Waals surface area contributed by atoms with Crippen molar-refractivity contribution in [3.8, 4) is 0 Å². The van der Waals surface area contributed by atoms with Crippen molar-refractivity contribution in [2.24, 2.45) is 0 Å². The highest BCUT2D eigenvalue weighted by Crippen LogP contribution is 2.26. The van der Waals surface area contributed by atoms with Crippen molar-refractivity contribution in [3.05, 3.63) is 42.0 Å². The number of fused-ring (bicyclic) bond motifs is 3. The Balaban J connectivity index is 2.46. The monoisotopic (exact) mass is 266 g/mol. The number of hydrogen-bond acceptors (Lipinski definition) is 2. The number of aromatic nitrogens is 2. The highest BCUT2D eigenvalue weighted by atomic mass is 15.3. The average Bonchev–Trinajstić information content (AvgIpc) is 2.45. The summed E-state index contributed by atoms with van der Waals surface area (Å²) in [5, 5.41) is 7.25. The van der Waals surface area contributed by atoms with Crippen molar-refractivity contribution in [1.29, 1.82) is 0 Å². The van der Waals surface area contributed by atoms with E-state index in [1.807, 2.05) is 0 Å². The molecule has 1 heterocycles. The Morgan fingerprint density at radius 2 is 1.85 bits per heavy atom. The highest BCUT2D eigenvalue weighted by molar-refractivity contribution is 6.03. The molecule has 0 amide bonds. The lowest BCUT2D eigenvalue weighted by molar-refractivity contribution is -0.724. The van der Waals surface area contributed by atoms with E-state index >= 15 is 0 Å². The lowest BCUT2D eigenvalue weighted by Crippen LogP contribution is -2.37. The van der Waals surface area contributed by atoms with Crippen molar-refractivity contribution in [1.82, 2.24) is 5.10 Å². The molecule has 0 saturated heterocycles. The van der Waals surface area contributed by atoms with E-state index in [-0.39, 0.29) is 0 Å². The third-order valence-electron chi connectivity index (χ3n) is 3.74. The van der Waals surface area contributed by atoms with Crippen LogP contribution in [0.1, 0.15) is 12.5 Å². The Bertz CT molecular complexity index is 791. The second kappa shape index (κ2) is 4.75. The van der Waals surface area contributed by atoms with Gasteiger partial charge in [-0.25, -0.2) is 0 Å². The van der Waals surface area contributed by atoms with Crippen LogP contribution >= 0.6 is 0 Å². The number of benzene rings is 2. The quantitative estimate of drug-likeness (QED) is 0.525. The molecule has 0 aliphatic carbocycles. The largest absolute Gasteiger partial charge is 0.378 e. The minimum absolute atomic E-state index is 0.880. The standard InChI is InChI=1S/C17H20N3/c1-5-20-17-9-6-12(2)10-15(17)14-11-13(19(3)4)7-8-16(14)18-20/h6-11H,5H2,1-4H3/q+1. The van der Waals surface area contributed by atoms with Gasteiger partial charge in [0.15, 0.2) is 6.54 Å². The van der Waals surface area contributed by atoms with E-state index in [0.717, 1.165) is 12.1 Å². The second-order valence-corrected chi connectivity index (χ2v) is 5.43. The molecule has 0 bridgehead atoms.